The Morgan fingerprint density at radius 3 is 2.31 bits per heavy atom. The highest BCUT2D eigenvalue weighted by Crippen LogP contribution is 2.40. The number of ether oxygens (including phenoxy) is 1. The zero-order valence-corrected chi connectivity index (χ0v) is 21.0. The number of carbonyl (C=O) groups excluding carboxylic acids is 1. The molecule has 1 aliphatic rings. The molecule has 1 aliphatic heterocycles. The van der Waals surface area contributed by atoms with Crippen molar-refractivity contribution >= 4 is 14.4 Å². The van der Waals surface area contributed by atoms with Crippen molar-refractivity contribution in [3.05, 3.63) is 35.4 Å². The van der Waals surface area contributed by atoms with Crippen molar-refractivity contribution < 1.29 is 14.0 Å². The lowest BCUT2D eigenvalue weighted by atomic mass is 9.86. The van der Waals surface area contributed by atoms with Crippen LogP contribution < -0.4 is 0 Å². The van der Waals surface area contributed by atoms with Crippen LogP contribution in [0.4, 0.5) is 4.79 Å². The van der Waals surface area contributed by atoms with E-state index in [-0.39, 0.29) is 23.2 Å². The van der Waals surface area contributed by atoms with E-state index in [4.69, 9.17) is 9.16 Å². The smallest absolute Gasteiger partial charge is 0.411 e. The minimum absolute atomic E-state index is 0.00887. The first-order valence-corrected chi connectivity index (χ1v) is 13.9. The van der Waals surface area contributed by atoms with Gasteiger partial charge in [0, 0.05) is 0 Å². The summed E-state index contributed by atoms with van der Waals surface area (Å²) in [6, 6.07) is 8.55. The molecule has 0 aromatic heterocycles. The normalized spacial score (nSPS) is 20.4. The predicted molar refractivity (Wildman–Crippen MR) is 123 cm³/mol. The van der Waals surface area contributed by atoms with Crippen molar-refractivity contribution in [2.24, 2.45) is 0 Å². The van der Waals surface area contributed by atoms with Crippen LogP contribution in [0.2, 0.25) is 18.1 Å². The molecule has 0 N–H and O–H groups in total. The van der Waals surface area contributed by atoms with Crippen LogP contribution in [0.1, 0.15) is 78.5 Å². The first kappa shape index (κ1) is 23.9. The number of amides is 1. The average Bonchev–Trinajstić information content (AvgIpc) is 2.57. The largest absolute Gasteiger partial charge is 0.444 e. The molecule has 0 bridgehead atoms. The molecule has 1 heterocycles. The molecule has 0 fully saturated rings. The number of nitrogens with zero attached hydrogens (tertiary/aromatic N) is 1. The Morgan fingerprint density at radius 1 is 1.14 bits per heavy atom. The molecule has 1 amide bonds. The van der Waals surface area contributed by atoms with E-state index in [0.29, 0.717) is 6.61 Å². The van der Waals surface area contributed by atoms with Gasteiger partial charge in [-0.3, -0.25) is 4.90 Å². The summed E-state index contributed by atoms with van der Waals surface area (Å²) in [5.41, 5.74) is 2.06. The van der Waals surface area contributed by atoms with Gasteiger partial charge in [0.25, 0.3) is 0 Å². The Bertz CT molecular complexity index is 703. The van der Waals surface area contributed by atoms with Crippen LogP contribution in [0.3, 0.4) is 0 Å². The van der Waals surface area contributed by atoms with E-state index in [1.165, 1.54) is 11.1 Å². The second-order valence-electron chi connectivity index (χ2n) is 10.8. The quantitative estimate of drug-likeness (QED) is 0.498. The Morgan fingerprint density at radius 2 is 1.76 bits per heavy atom. The Balaban J connectivity index is 2.38. The molecule has 164 valence electrons. The maximum atomic E-state index is 13.3. The minimum Gasteiger partial charge on any atom is -0.444 e. The fourth-order valence-electron chi connectivity index (χ4n) is 3.62. The second kappa shape index (κ2) is 8.81. The molecule has 2 atom stereocenters. The first-order valence-electron chi connectivity index (χ1n) is 11.0. The van der Waals surface area contributed by atoms with Gasteiger partial charge in [0.05, 0.1) is 18.7 Å². The fraction of sp³-hybridized carbons (Fsp3) is 0.708. The van der Waals surface area contributed by atoms with Crippen LogP contribution in [-0.2, 0) is 15.6 Å². The third-order valence-corrected chi connectivity index (χ3v) is 10.7. The van der Waals surface area contributed by atoms with Crippen molar-refractivity contribution in [3.63, 3.8) is 0 Å². The van der Waals surface area contributed by atoms with Gasteiger partial charge >= 0.3 is 6.09 Å². The van der Waals surface area contributed by atoms with Crippen LogP contribution in [0.5, 0.6) is 0 Å². The average molecular weight is 420 g/mol. The summed E-state index contributed by atoms with van der Waals surface area (Å²) in [6.07, 6.45) is 2.51. The molecule has 0 unspecified atom stereocenters. The number of benzene rings is 1. The molecule has 0 saturated carbocycles. The number of hydrogen-bond donors (Lipinski definition) is 0. The highest BCUT2D eigenvalue weighted by molar-refractivity contribution is 6.74. The van der Waals surface area contributed by atoms with Gasteiger partial charge in [-0.25, -0.2) is 4.79 Å². The Hall–Kier alpha value is -1.33. The molecule has 5 heteroatoms. The van der Waals surface area contributed by atoms with E-state index in [1.54, 1.807) is 0 Å². The standard InChI is InChI=1S/C24H41NO3Si/c1-10-13-21-20-15-12-11-14-18(20)16-19(17-27-29(8,9)24(5,6)7)25(21)22(26)28-23(2,3)4/h11-12,14-15,19,21H,10,13,16-17H2,1-9H3/t19-,21+/m0/s1. The van der Waals surface area contributed by atoms with E-state index >= 15 is 0 Å². The molecule has 1 aromatic rings. The first-order chi connectivity index (χ1) is 13.3. The summed E-state index contributed by atoms with van der Waals surface area (Å²) < 4.78 is 12.4. The zero-order chi connectivity index (χ0) is 22.0. The van der Waals surface area contributed by atoms with Crippen molar-refractivity contribution in [1.82, 2.24) is 4.90 Å². The van der Waals surface area contributed by atoms with Gasteiger partial charge in [-0.1, -0.05) is 58.4 Å². The third-order valence-electron chi connectivity index (χ3n) is 6.21. The predicted octanol–water partition coefficient (Wildman–Crippen LogP) is 6.71. The number of fused-ring (bicyclic) bond motifs is 1. The molecular weight excluding hydrogens is 378 g/mol. The molecule has 0 spiro atoms. The van der Waals surface area contributed by atoms with Gasteiger partial charge in [-0.2, -0.15) is 0 Å². The van der Waals surface area contributed by atoms with Gasteiger partial charge in [0.2, 0.25) is 0 Å². The molecule has 0 radical (unpaired) electrons. The van der Waals surface area contributed by atoms with E-state index in [9.17, 15) is 4.79 Å². The lowest BCUT2D eigenvalue weighted by Gasteiger charge is -2.45. The van der Waals surface area contributed by atoms with E-state index < -0.39 is 13.9 Å². The fourth-order valence-corrected chi connectivity index (χ4v) is 4.66. The van der Waals surface area contributed by atoms with Gasteiger partial charge in [-0.15, -0.1) is 0 Å². The van der Waals surface area contributed by atoms with Crippen LogP contribution in [0, 0.1) is 0 Å². The summed E-state index contributed by atoms with van der Waals surface area (Å²) in [4.78, 5) is 15.3. The van der Waals surface area contributed by atoms with E-state index in [1.807, 2.05) is 25.7 Å². The maximum absolute atomic E-state index is 13.3. The summed E-state index contributed by atoms with van der Waals surface area (Å²) >= 11 is 0. The SMILES string of the molecule is CCC[C@@H]1c2ccccc2C[C@@H](CO[Si](C)(C)C(C)(C)C)N1C(=O)OC(C)(C)C. The third kappa shape index (κ3) is 5.85. The summed E-state index contributed by atoms with van der Waals surface area (Å²) in [5.74, 6) is 0. The summed E-state index contributed by atoms with van der Waals surface area (Å²) in [5, 5.41) is 0.138. The van der Waals surface area contributed by atoms with Crippen molar-refractivity contribution in [3.8, 4) is 0 Å². The molecular formula is C24H41NO3Si. The summed E-state index contributed by atoms with van der Waals surface area (Å²) in [7, 11) is -1.91. The van der Waals surface area contributed by atoms with E-state index in [0.717, 1.165) is 19.3 Å². The molecule has 0 saturated heterocycles. The Labute approximate surface area is 179 Å². The van der Waals surface area contributed by atoms with Crippen LogP contribution in [0.25, 0.3) is 0 Å². The zero-order valence-electron chi connectivity index (χ0n) is 20.0. The van der Waals surface area contributed by atoms with Gasteiger partial charge in [-0.05, 0) is 62.9 Å². The van der Waals surface area contributed by atoms with Gasteiger partial charge in [0.1, 0.15) is 5.60 Å². The molecule has 4 nitrogen and oxygen atoms in total. The number of hydrogen-bond acceptors (Lipinski definition) is 3. The van der Waals surface area contributed by atoms with Crippen LogP contribution >= 0.6 is 0 Å². The Kier molecular flexibility index (Phi) is 7.27. The van der Waals surface area contributed by atoms with Crippen molar-refractivity contribution in [2.75, 3.05) is 6.61 Å². The lowest BCUT2D eigenvalue weighted by Crippen LogP contribution is -2.53. The molecule has 2 rings (SSSR count). The highest BCUT2D eigenvalue weighted by Gasteiger charge is 2.42. The topological polar surface area (TPSA) is 38.8 Å². The molecule has 29 heavy (non-hydrogen) atoms. The molecule has 0 aliphatic carbocycles. The lowest BCUT2D eigenvalue weighted by molar-refractivity contribution is -0.00742. The maximum Gasteiger partial charge on any atom is 0.411 e. The monoisotopic (exact) mass is 419 g/mol. The molecule has 1 aromatic carbocycles. The van der Waals surface area contributed by atoms with Gasteiger partial charge < -0.3 is 9.16 Å². The van der Waals surface area contributed by atoms with Crippen LogP contribution in [-0.4, -0.2) is 37.6 Å². The van der Waals surface area contributed by atoms with Crippen molar-refractivity contribution in [2.45, 2.75) is 104 Å². The minimum atomic E-state index is -1.91. The van der Waals surface area contributed by atoms with Crippen molar-refractivity contribution in [1.29, 1.82) is 0 Å². The second-order valence-corrected chi connectivity index (χ2v) is 15.6. The van der Waals surface area contributed by atoms with Gasteiger partial charge in [0.15, 0.2) is 8.32 Å². The number of carbonyl (C=O) groups is 1. The van der Waals surface area contributed by atoms with Crippen LogP contribution in [0.15, 0.2) is 24.3 Å². The summed E-state index contributed by atoms with van der Waals surface area (Å²) in [6.45, 7) is 19.8. The number of rotatable bonds is 5. The highest BCUT2D eigenvalue weighted by atomic mass is 28.4. The van der Waals surface area contributed by atoms with E-state index in [2.05, 4.69) is 65.1 Å².